The second kappa shape index (κ2) is 9.29. The normalized spacial score (nSPS) is 18.4. The minimum atomic E-state index is -4.84. The third kappa shape index (κ3) is 5.57. The molecule has 0 aliphatic carbocycles. The summed E-state index contributed by atoms with van der Waals surface area (Å²) < 4.78 is 40.8. The maximum absolute atomic E-state index is 12.9. The van der Waals surface area contributed by atoms with Crippen LogP contribution in [0.2, 0.25) is 0 Å². The highest BCUT2D eigenvalue weighted by Crippen LogP contribution is 2.31. The second-order valence-corrected chi connectivity index (χ2v) is 7.46. The van der Waals surface area contributed by atoms with E-state index in [0.717, 1.165) is 29.0 Å². The fourth-order valence-corrected chi connectivity index (χ4v) is 3.39. The van der Waals surface area contributed by atoms with Crippen LogP contribution in [0.3, 0.4) is 0 Å². The first-order chi connectivity index (χ1) is 15.1. The van der Waals surface area contributed by atoms with Crippen LogP contribution in [-0.4, -0.2) is 42.2 Å². The van der Waals surface area contributed by atoms with Crippen LogP contribution < -0.4 is 15.4 Å². The summed E-state index contributed by atoms with van der Waals surface area (Å²) in [7, 11) is 0. The van der Waals surface area contributed by atoms with E-state index in [9.17, 15) is 27.6 Å². The van der Waals surface area contributed by atoms with Gasteiger partial charge in [-0.15, -0.1) is 13.2 Å². The Morgan fingerprint density at radius 1 is 1.09 bits per heavy atom. The number of aryl methyl sites for hydroxylation is 1. The minimum absolute atomic E-state index is 0.260. The molecule has 2 aromatic carbocycles. The number of urea groups is 1. The van der Waals surface area contributed by atoms with Gasteiger partial charge in [-0.2, -0.15) is 0 Å². The van der Waals surface area contributed by atoms with E-state index in [0.29, 0.717) is 13.0 Å². The van der Waals surface area contributed by atoms with Crippen LogP contribution in [0.15, 0.2) is 54.6 Å². The molecule has 0 spiro atoms. The van der Waals surface area contributed by atoms with Crippen molar-refractivity contribution in [1.29, 1.82) is 0 Å². The van der Waals surface area contributed by atoms with Gasteiger partial charge in [-0.1, -0.05) is 42.5 Å². The Bertz CT molecular complexity index is 980. The van der Waals surface area contributed by atoms with Crippen LogP contribution in [-0.2, 0) is 21.5 Å². The van der Waals surface area contributed by atoms with E-state index < -0.39 is 42.0 Å². The quantitative estimate of drug-likeness (QED) is 0.479. The summed E-state index contributed by atoms with van der Waals surface area (Å²) in [5.74, 6) is -1.61. The molecular weight excluding hydrogens is 427 g/mol. The van der Waals surface area contributed by atoms with Gasteiger partial charge in [0, 0.05) is 6.54 Å². The van der Waals surface area contributed by atoms with Gasteiger partial charge in [-0.25, -0.2) is 4.79 Å². The molecule has 0 radical (unpaired) electrons. The summed E-state index contributed by atoms with van der Waals surface area (Å²) in [5, 5.41) is 5.18. The predicted molar refractivity (Wildman–Crippen MR) is 108 cm³/mol. The highest BCUT2D eigenvalue weighted by Gasteiger charge is 2.49. The summed E-state index contributed by atoms with van der Waals surface area (Å²) in [6.07, 6.45) is -3.37. The average Bonchev–Trinajstić information content (AvgIpc) is 2.95. The molecule has 170 valence electrons. The average molecular weight is 449 g/mol. The largest absolute Gasteiger partial charge is 0.573 e. The smallest absolute Gasteiger partial charge is 0.406 e. The number of halogens is 3. The second-order valence-electron chi connectivity index (χ2n) is 7.46. The number of benzene rings is 2. The Hall–Kier alpha value is -3.56. The van der Waals surface area contributed by atoms with Crippen molar-refractivity contribution in [2.45, 2.75) is 31.7 Å². The highest BCUT2D eigenvalue weighted by atomic mass is 19.4. The molecule has 1 unspecified atom stereocenters. The summed E-state index contributed by atoms with van der Waals surface area (Å²) >= 11 is 0. The molecule has 4 amide bonds. The number of amides is 4. The lowest BCUT2D eigenvalue weighted by molar-refractivity contribution is -0.274. The van der Waals surface area contributed by atoms with Crippen LogP contribution in [0, 0.1) is 0 Å². The van der Waals surface area contributed by atoms with Crippen molar-refractivity contribution in [3.05, 3.63) is 65.7 Å². The fraction of sp³-hybridized carbons (Fsp3) is 0.318. The first kappa shape index (κ1) is 23.1. The van der Waals surface area contributed by atoms with Crippen molar-refractivity contribution in [3.8, 4) is 5.75 Å². The third-order valence-corrected chi connectivity index (χ3v) is 5.05. The molecule has 1 atom stereocenters. The maximum Gasteiger partial charge on any atom is 0.573 e. The van der Waals surface area contributed by atoms with Crippen molar-refractivity contribution in [2.75, 3.05) is 13.1 Å². The number of carbonyl (C=O) groups excluding carboxylic acids is 3. The van der Waals surface area contributed by atoms with E-state index in [1.165, 1.54) is 19.1 Å². The molecule has 0 bridgehead atoms. The molecule has 3 rings (SSSR count). The molecule has 1 heterocycles. The molecule has 10 heteroatoms. The number of alkyl halides is 3. The lowest BCUT2D eigenvalue weighted by Gasteiger charge is -2.22. The lowest BCUT2D eigenvalue weighted by Crippen LogP contribution is -2.43. The number of nitrogens with zero attached hydrogens (tertiary/aromatic N) is 1. The van der Waals surface area contributed by atoms with E-state index in [4.69, 9.17) is 0 Å². The standard InChI is InChI=1S/C22H22F3N3O4/c1-21(16-9-11-17(12-10-16)32-22(23,24)25)19(30)28(20(31)27-21)14-18(29)26-13-5-8-15-6-3-2-4-7-15/h2-4,6-7,9-12H,5,8,13-14H2,1H3,(H,26,29)(H,27,31). The Kier molecular flexibility index (Phi) is 6.71. The molecule has 1 aliphatic heterocycles. The van der Waals surface area contributed by atoms with Crippen LogP contribution in [0.5, 0.6) is 5.75 Å². The van der Waals surface area contributed by atoms with Crippen LogP contribution >= 0.6 is 0 Å². The van der Waals surface area contributed by atoms with E-state index >= 15 is 0 Å². The zero-order valence-electron chi connectivity index (χ0n) is 17.2. The zero-order chi connectivity index (χ0) is 23.4. The van der Waals surface area contributed by atoms with Gasteiger partial charge in [0.25, 0.3) is 5.91 Å². The summed E-state index contributed by atoms with van der Waals surface area (Å²) in [6.45, 7) is 1.35. The predicted octanol–water partition coefficient (Wildman–Crippen LogP) is 3.10. The van der Waals surface area contributed by atoms with Gasteiger partial charge < -0.3 is 15.4 Å². The first-order valence-corrected chi connectivity index (χ1v) is 9.89. The van der Waals surface area contributed by atoms with Crippen LogP contribution in [0.4, 0.5) is 18.0 Å². The number of hydrogen-bond acceptors (Lipinski definition) is 4. The molecule has 32 heavy (non-hydrogen) atoms. The number of carbonyl (C=O) groups is 3. The SMILES string of the molecule is CC1(c2ccc(OC(F)(F)F)cc2)NC(=O)N(CC(=O)NCCCc2ccccc2)C1=O. The molecule has 1 saturated heterocycles. The molecular formula is C22H22F3N3O4. The molecule has 7 nitrogen and oxygen atoms in total. The van der Waals surface area contributed by atoms with Crippen molar-refractivity contribution in [3.63, 3.8) is 0 Å². The molecule has 0 aromatic heterocycles. The molecule has 2 N–H and O–H groups in total. The number of nitrogens with one attached hydrogen (secondary N) is 2. The summed E-state index contributed by atoms with van der Waals surface area (Å²) in [5.41, 5.74) is -0.115. The highest BCUT2D eigenvalue weighted by molar-refractivity contribution is 6.09. The van der Waals surface area contributed by atoms with E-state index in [2.05, 4.69) is 15.4 Å². The van der Waals surface area contributed by atoms with E-state index in [1.807, 2.05) is 30.3 Å². The Morgan fingerprint density at radius 2 is 1.75 bits per heavy atom. The van der Waals surface area contributed by atoms with Gasteiger partial charge in [0.15, 0.2) is 0 Å². The minimum Gasteiger partial charge on any atom is -0.406 e. The number of ether oxygens (including phenoxy) is 1. The molecule has 0 saturated carbocycles. The van der Waals surface area contributed by atoms with Crippen molar-refractivity contribution in [1.82, 2.24) is 15.5 Å². The fourth-order valence-electron chi connectivity index (χ4n) is 3.39. The van der Waals surface area contributed by atoms with Crippen molar-refractivity contribution in [2.24, 2.45) is 0 Å². The summed E-state index contributed by atoms with van der Waals surface area (Å²) in [6, 6.07) is 13.6. The van der Waals surface area contributed by atoms with Gasteiger partial charge in [0.05, 0.1) is 0 Å². The number of imide groups is 1. The van der Waals surface area contributed by atoms with Gasteiger partial charge in [0.1, 0.15) is 17.8 Å². The van der Waals surface area contributed by atoms with Crippen molar-refractivity contribution >= 4 is 17.8 Å². The first-order valence-electron chi connectivity index (χ1n) is 9.89. The maximum atomic E-state index is 12.9. The number of rotatable bonds is 8. The molecule has 2 aromatic rings. The Balaban J connectivity index is 1.55. The summed E-state index contributed by atoms with van der Waals surface area (Å²) in [4.78, 5) is 38.2. The van der Waals surface area contributed by atoms with Gasteiger partial charge in [-0.05, 0) is 43.0 Å². The Morgan fingerprint density at radius 3 is 2.38 bits per heavy atom. The topological polar surface area (TPSA) is 87.7 Å². The van der Waals surface area contributed by atoms with Crippen LogP contribution in [0.1, 0.15) is 24.5 Å². The third-order valence-electron chi connectivity index (χ3n) is 5.05. The van der Waals surface area contributed by atoms with Crippen molar-refractivity contribution < 1.29 is 32.3 Å². The van der Waals surface area contributed by atoms with E-state index in [1.54, 1.807) is 0 Å². The van der Waals surface area contributed by atoms with Gasteiger partial charge >= 0.3 is 12.4 Å². The van der Waals surface area contributed by atoms with E-state index in [-0.39, 0.29) is 5.56 Å². The van der Waals surface area contributed by atoms with Crippen LogP contribution in [0.25, 0.3) is 0 Å². The lowest BCUT2D eigenvalue weighted by atomic mass is 9.92. The van der Waals surface area contributed by atoms with Gasteiger partial charge in [-0.3, -0.25) is 14.5 Å². The Labute approximate surface area is 182 Å². The zero-order valence-corrected chi connectivity index (χ0v) is 17.2. The monoisotopic (exact) mass is 449 g/mol. The van der Waals surface area contributed by atoms with Gasteiger partial charge in [0.2, 0.25) is 5.91 Å². The molecule has 1 aliphatic rings. The molecule has 1 fully saturated rings. The number of hydrogen-bond donors (Lipinski definition) is 2.